The van der Waals surface area contributed by atoms with E-state index < -0.39 is 0 Å². The molecule has 0 unspecified atom stereocenters. The van der Waals surface area contributed by atoms with Crippen molar-refractivity contribution in [2.45, 2.75) is 38.1 Å². The van der Waals surface area contributed by atoms with Crippen molar-refractivity contribution in [1.29, 1.82) is 0 Å². The predicted molar refractivity (Wildman–Crippen MR) is 97.1 cm³/mol. The zero-order valence-corrected chi connectivity index (χ0v) is 14.6. The number of azo groups is 1. The fraction of sp³-hybridized carbons (Fsp3) is 0.400. The van der Waals surface area contributed by atoms with Gasteiger partial charge in [-0.15, -0.1) is 10.2 Å². The Labute approximate surface area is 149 Å². The number of aromatic amines is 1. The van der Waals surface area contributed by atoms with Crippen LogP contribution in [0.25, 0.3) is 10.9 Å². The molecule has 3 rings (SSSR count). The minimum Gasteiger partial charge on any atom is -0.493 e. The average molecular weight is 371 g/mol. The molecule has 1 aliphatic rings. The van der Waals surface area contributed by atoms with Crippen molar-refractivity contribution >= 4 is 57.1 Å². The molecule has 0 aliphatic heterocycles. The van der Waals surface area contributed by atoms with Gasteiger partial charge in [0.05, 0.1) is 10.5 Å². The molecular formula is C15H16Cl2N4OS. The maximum Gasteiger partial charge on any atom is 0.218 e. The lowest BCUT2D eigenvalue weighted by atomic mass is 9.96. The third kappa shape index (κ3) is 3.76. The van der Waals surface area contributed by atoms with E-state index in [1.807, 2.05) is 0 Å². The van der Waals surface area contributed by atoms with Crippen LogP contribution >= 0.6 is 35.4 Å². The molecule has 0 atom stereocenters. The summed E-state index contributed by atoms with van der Waals surface area (Å²) in [5, 5.41) is 23.1. The van der Waals surface area contributed by atoms with Crippen molar-refractivity contribution in [3.63, 3.8) is 0 Å². The highest BCUT2D eigenvalue weighted by atomic mass is 35.5. The van der Waals surface area contributed by atoms with Gasteiger partial charge < -0.3 is 15.4 Å². The quantitative estimate of drug-likeness (QED) is 0.484. The Hall–Kier alpha value is -1.37. The lowest BCUT2D eigenvalue weighted by Gasteiger charge is -2.22. The zero-order valence-electron chi connectivity index (χ0n) is 12.3. The standard InChI is InChI=1S/C15H16Cl2N4OS/c16-8-6-10-12(11(17)7-8)19-14(22)13(10)20-21-15(23)18-9-4-2-1-3-5-9/h6-7,9,19,22H,1-5H2,(H,18,23). The summed E-state index contributed by atoms with van der Waals surface area (Å²) >= 11 is 17.3. The SMILES string of the molecule is Oc1[nH]c2c(Cl)cc(Cl)cc2c1N=NC(=S)NC1CCCCC1. The van der Waals surface area contributed by atoms with Crippen LogP contribution in [0.3, 0.4) is 0 Å². The normalized spacial score (nSPS) is 16.3. The molecule has 0 amide bonds. The molecule has 23 heavy (non-hydrogen) atoms. The summed E-state index contributed by atoms with van der Waals surface area (Å²) in [4.78, 5) is 2.78. The van der Waals surface area contributed by atoms with Gasteiger partial charge in [-0.25, -0.2) is 0 Å². The van der Waals surface area contributed by atoms with Crippen LogP contribution in [0.5, 0.6) is 5.88 Å². The second kappa shape index (κ2) is 7.03. The number of halogens is 2. The van der Waals surface area contributed by atoms with Crippen LogP contribution in [-0.4, -0.2) is 21.2 Å². The van der Waals surface area contributed by atoms with Gasteiger partial charge in [-0.05, 0) is 37.2 Å². The Kier molecular flexibility index (Phi) is 5.04. The van der Waals surface area contributed by atoms with E-state index in [9.17, 15) is 5.11 Å². The van der Waals surface area contributed by atoms with Crippen LogP contribution < -0.4 is 5.32 Å². The monoisotopic (exact) mass is 370 g/mol. The Bertz CT molecular complexity index is 768. The van der Waals surface area contributed by atoms with Crippen LogP contribution in [0.15, 0.2) is 22.4 Å². The number of rotatable bonds is 2. The van der Waals surface area contributed by atoms with E-state index in [1.165, 1.54) is 19.3 Å². The summed E-state index contributed by atoms with van der Waals surface area (Å²) in [6.07, 6.45) is 5.88. The van der Waals surface area contributed by atoms with E-state index in [0.717, 1.165) is 12.8 Å². The van der Waals surface area contributed by atoms with Gasteiger partial charge in [0.2, 0.25) is 11.0 Å². The van der Waals surface area contributed by atoms with Crippen LogP contribution in [0.1, 0.15) is 32.1 Å². The highest BCUT2D eigenvalue weighted by Crippen LogP contribution is 2.40. The first-order valence-corrected chi connectivity index (χ1v) is 8.63. The number of benzene rings is 1. The van der Waals surface area contributed by atoms with Crippen molar-refractivity contribution in [3.8, 4) is 5.88 Å². The van der Waals surface area contributed by atoms with Crippen LogP contribution in [0, 0.1) is 0 Å². The van der Waals surface area contributed by atoms with Crippen molar-refractivity contribution in [1.82, 2.24) is 10.3 Å². The number of H-pyrrole nitrogens is 1. The molecule has 0 bridgehead atoms. The number of nitrogens with zero attached hydrogens (tertiary/aromatic N) is 2. The first-order valence-electron chi connectivity index (χ1n) is 7.46. The van der Waals surface area contributed by atoms with Crippen LogP contribution in [-0.2, 0) is 0 Å². The molecule has 0 radical (unpaired) electrons. The summed E-state index contributed by atoms with van der Waals surface area (Å²) in [7, 11) is 0. The zero-order chi connectivity index (χ0) is 16.4. The third-order valence-electron chi connectivity index (χ3n) is 3.95. The molecule has 1 saturated carbocycles. The minimum atomic E-state index is -0.117. The molecule has 2 aromatic rings. The number of thiocarbonyl (C=S) groups is 1. The van der Waals surface area contributed by atoms with Crippen LogP contribution in [0.2, 0.25) is 10.0 Å². The van der Waals surface area contributed by atoms with Crippen molar-refractivity contribution < 1.29 is 5.11 Å². The molecule has 122 valence electrons. The Balaban J connectivity index is 1.80. The van der Waals surface area contributed by atoms with Gasteiger partial charge in [-0.3, -0.25) is 0 Å². The van der Waals surface area contributed by atoms with E-state index in [4.69, 9.17) is 35.4 Å². The smallest absolute Gasteiger partial charge is 0.218 e. The van der Waals surface area contributed by atoms with E-state index in [-0.39, 0.29) is 11.6 Å². The first kappa shape index (κ1) is 16.5. The molecule has 1 aromatic heterocycles. The molecule has 3 N–H and O–H groups in total. The molecular weight excluding hydrogens is 355 g/mol. The van der Waals surface area contributed by atoms with E-state index in [1.54, 1.807) is 12.1 Å². The number of hydrogen-bond acceptors (Lipinski definition) is 3. The lowest BCUT2D eigenvalue weighted by Crippen LogP contribution is -2.33. The third-order valence-corrected chi connectivity index (χ3v) is 4.67. The number of fused-ring (bicyclic) bond motifs is 1. The van der Waals surface area contributed by atoms with E-state index in [2.05, 4.69) is 20.5 Å². The largest absolute Gasteiger partial charge is 0.493 e. The Morgan fingerprint density at radius 2 is 2.00 bits per heavy atom. The highest BCUT2D eigenvalue weighted by Gasteiger charge is 2.16. The summed E-state index contributed by atoms with van der Waals surface area (Å²) in [6.45, 7) is 0. The molecule has 1 fully saturated rings. The molecule has 1 heterocycles. The number of aromatic nitrogens is 1. The van der Waals surface area contributed by atoms with Gasteiger partial charge >= 0.3 is 0 Å². The van der Waals surface area contributed by atoms with Gasteiger partial charge in [-0.1, -0.05) is 42.5 Å². The van der Waals surface area contributed by atoms with E-state index >= 15 is 0 Å². The Morgan fingerprint density at radius 1 is 1.26 bits per heavy atom. The van der Waals surface area contributed by atoms with Gasteiger partial charge in [0.15, 0.2) is 5.69 Å². The summed E-state index contributed by atoms with van der Waals surface area (Å²) in [6, 6.07) is 3.62. The van der Waals surface area contributed by atoms with Gasteiger partial charge in [-0.2, -0.15) is 0 Å². The van der Waals surface area contributed by atoms with Crippen LogP contribution in [0.4, 0.5) is 5.69 Å². The first-order chi connectivity index (χ1) is 11.0. The molecule has 1 aliphatic carbocycles. The van der Waals surface area contributed by atoms with E-state index in [0.29, 0.717) is 32.1 Å². The highest BCUT2D eigenvalue weighted by molar-refractivity contribution is 7.80. The molecule has 5 nitrogen and oxygen atoms in total. The summed E-state index contributed by atoms with van der Waals surface area (Å²) < 4.78 is 0. The fourth-order valence-corrected chi connectivity index (χ4v) is 3.59. The predicted octanol–water partition coefficient (Wildman–Crippen LogP) is 5.47. The summed E-state index contributed by atoms with van der Waals surface area (Å²) in [5.74, 6) is -0.117. The Morgan fingerprint density at radius 3 is 2.74 bits per heavy atom. The van der Waals surface area contributed by atoms with Gasteiger partial charge in [0.1, 0.15) is 0 Å². The second-order valence-electron chi connectivity index (χ2n) is 5.62. The topological polar surface area (TPSA) is 72.8 Å². The molecule has 8 heteroatoms. The van der Waals surface area contributed by atoms with Crippen molar-refractivity contribution in [2.75, 3.05) is 0 Å². The van der Waals surface area contributed by atoms with Gasteiger partial charge in [0.25, 0.3) is 0 Å². The molecule has 0 spiro atoms. The maximum absolute atomic E-state index is 10.0. The fourth-order valence-electron chi connectivity index (χ4n) is 2.84. The summed E-state index contributed by atoms with van der Waals surface area (Å²) in [5.41, 5.74) is 0.839. The number of nitrogens with one attached hydrogen (secondary N) is 2. The minimum absolute atomic E-state index is 0.117. The molecule has 0 saturated heterocycles. The number of aromatic hydroxyl groups is 1. The van der Waals surface area contributed by atoms with Crippen molar-refractivity contribution in [2.24, 2.45) is 10.2 Å². The lowest BCUT2D eigenvalue weighted by molar-refractivity contribution is 0.414. The van der Waals surface area contributed by atoms with Gasteiger partial charge in [0, 0.05) is 16.5 Å². The van der Waals surface area contributed by atoms with Crippen molar-refractivity contribution in [3.05, 3.63) is 22.2 Å². The second-order valence-corrected chi connectivity index (χ2v) is 6.85. The maximum atomic E-state index is 10.0. The molecule has 1 aromatic carbocycles. The average Bonchev–Trinajstić information content (AvgIpc) is 2.82. The number of hydrogen-bond donors (Lipinski definition) is 3.